The van der Waals surface area contributed by atoms with Crippen LogP contribution in [0.3, 0.4) is 0 Å². The van der Waals surface area contributed by atoms with Crippen LogP contribution in [0, 0.1) is 0 Å². The Balaban J connectivity index is 2.56. The minimum atomic E-state index is -4.50. The Morgan fingerprint density at radius 1 is 1.14 bits per heavy atom. The average Bonchev–Trinajstić information content (AvgIpc) is 2.77. The summed E-state index contributed by atoms with van der Waals surface area (Å²) in [5.74, 6) is 0.0873. The number of hydrogen-bond donors (Lipinski definition) is 0. The van der Waals surface area contributed by atoms with E-state index in [9.17, 15) is 26.3 Å². The number of nitrogens with zero attached hydrogens (tertiary/aromatic N) is 1. The van der Waals surface area contributed by atoms with Gasteiger partial charge in [0.05, 0.1) is 16.8 Å². The number of ether oxygens (including phenoxy) is 1. The normalized spacial score (nSPS) is 19.2. The second-order valence-electron chi connectivity index (χ2n) is 8.84. The molecule has 1 aliphatic heterocycles. The summed E-state index contributed by atoms with van der Waals surface area (Å²) in [6, 6.07) is 4.71. The third kappa shape index (κ3) is 8.07. The molecule has 1 unspecified atom stereocenters. The molecule has 1 saturated heterocycles. The summed E-state index contributed by atoms with van der Waals surface area (Å²) in [6.45, 7) is 7.69. The van der Waals surface area contributed by atoms with Crippen molar-refractivity contribution in [3.05, 3.63) is 88.2 Å². The molecule has 0 aromatic heterocycles. The van der Waals surface area contributed by atoms with Gasteiger partial charge in [0.25, 0.3) is 0 Å². The first-order chi connectivity index (χ1) is 16.8. The molecule has 0 aliphatic carbocycles. The van der Waals surface area contributed by atoms with E-state index in [1.807, 2.05) is 25.8 Å². The molecule has 1 atom stereocenters. The summed E-state index contributed by atoms with van der Waals surface area (Å²) in [6.07, 6.45) is -0.625. The maximum absolute atomic E-state index is 13.6. The molecule has 1 fully saturated rings. The molecular weight excluding hydrogens is 480 g/mol. The van der Waals surface area contributed by atoms with Crippen molar-refractivity contribution in [1.82, 2.24) is 4.90 Å². The Kier molecular flexibility index (Phi) is 10.1. The van der Waals surface area contributed by atoms with E-state index >= 15 is 0 Å². The van der Waals surface area contributed by atoms with E-state index in [-0.39, 0.29) is 12.2 Å². The molecule has 0 saturated carbocycles. The van der Waals surface area contributed by atoms with Crippen LogP contribution >= 0.6 is 0 Å². The van der Waals surface area contributed by atoms with Gasteiger partial charge < -0.3 is 9.64 Å². The van der Waals surface area contributed by atoms with E-state index < -0.39 is 29.6 Å². The number of hydrogen-bond acceptors (Lipinski definition) is 2. The average molecular weight is 514 g/mol. The number of likely N-dealkylation sites (N-methyl/N-ethyl adjacent to an activating group) is 1. The van der Waals surface area contributed by atoms with Crippen LogP contribution in [0.15, 0.2) is 82.6 Å². The number of halogens is 6. The van der Waals surface area contributed by atoms with Crippen LogP contribution in [-0.2, 0) is 6.18 Å². The highest BCUT2D eigenvalue weighted by Crippen LogP contribution is 2.35. The minimum Gasteiger partial charge on any atom is -0.484 e. The van der Waals surface area contributed by atoms with Crippen LogP contribution in [0.2, 0.25) is 0 Å². The number of likely N-dealkylation sites (tertiary alicyclic amines) is 1. The van der Waals surface area contributed by atoms with Crippen LogP contribution in [0.5, 0.6) is 5.75 Å². The van der Waals surface area contributed by atoms with Gasteiger partial charge in [-0.3, -0.25) is 0 Å². The fourth-order valence-electron chi connectivity index (χ4n) is 3.97. The van der Waals surface area contributed by atoms with Gasteiger partial charge >= 0.3 is 12.4 Å². The SMILES string of the molecule is C\C=C/C(=C\C(=C\CC)C(F)(F)F)C(/C=C1/C(Oc2cccc(C(F)(F)F)c2)CCCN1C)=C(C)C. The van der Waals surface area contributed by atoms with Crippen molar-refractivity contribution < 1.29 is 31.1 Å². The van der Waals surface area contributed by atoms with Gasteiger partial charge in [-0.2, -0.15) is 26.3 Å². The summed E-state index contributed by atoms with van der Waals surface area (Å²) in [7, 11) is 1.84. The summed E-state index contributed by atoms with van der Waals surface area (Å²) in [5.41, 5.74) is 0.934. The topological polar surface area (TPSA) is 12.5 Å². The number of allylic oxidation sites excluding steroid dienone is 9. The lowest BCUT2D eigenvalue weighted by atomic mass is 9.94. The molecular formula is C28H33F6NO. The highest BCUT2D eigenvalue weighted by atomic mass is 19.4. The summed E-state index contributed by atoms with van der Waals surface area (Å²) in [4.78, 5) is 1.94. The van der Waals surface area contributed by atoms with E-state index in [0.29, 0.717) is 29.8 Å². The minimum absolute atomic E-state index is 0.0873. The maximum atomic E-state index is 13.6. The Morgan fingerprint density at radius 2 is 1.83 bits per heavy atom. The van der Waals surface area contributed by atoms with Crippen LogP contribution in [-0.4, -0.2) is 30.8 Å². The Hall–Kier alpha value is -2.90. The predicted octanol–water partition coefficient (Wildman–Crippen LogP) is 8.80. The monoisotopic (exact) mass is 513 g/mol. The van der Waals surface area contributed by atoms with Crippen LogP contribution in [0.25, 0.3) is 0 Å². The second kappa shape index (κ2) is 12.4. The van der Waals surface area contributed by atoms with Gasteiger partial charge in [0.1, 0.15) is 11.9 Å². The number of piperidine rings is 1. The molecule has 36 heavy (non-hydrogen) atoms. The Morgan fingerprint density at radius 3 is 2.39 bits per heavy atom. The zero-order valence-corrected chi connectivity index (χ0v) is 21.2. The van der Waals surface area contributed by atoms with Gasteiger partial charge in [-0.1, -0.05) is 36.8 Å². The van der Waals surface area contributed by atoms with Gasteiger partial charge in [-0.15, -0.1) is 0 Å². The molecule has 2 nitrogen and oxygen atoms in total. The summed E-state index contributed by atoms with van der Waals surface area (Å²) in [5, 5.41) is 0. The molecule has 0 radical (unpaired) electrons. The first-order valence-electron chi connectivity index (χ1n) is 11.8. The van der Waals surface area contributed by atoms with Crippen molar-refractivity contribution in [3.63, 3.8) is 0 Å². The summed E-state index contributed by atoms with van der Waals surface area (Å²) >= 11 is 0. The Labute approximate surface area is 209 Å². The molecule has 8 heteroatoms. The lowest BCUT2D eigenvalue weighted by molar-refractivity contribution is -0.137. The van der Waals surface area contributed by atoms with Crippen molar-refractivity contribution in [2.45, 2.75) is 65.4 Å². The van der Waals surface area contributed by atoms with E-state index in [0.717, 1.165) is 36.3 Å². The molecule has 1 aliphatic rings. The molecule has 0 spiro atoms. The van der Waals surface area contributed by atoms with Crippen LogP contribution < -0.4 is 4.74 Å². The lowest BCUT2D eigenvalue weighted by Crippen LogP contribution is -2.36. The van der Waals surface area contributed by atoms with Gasteiger partial charge in [0.15, 0.2) is 0 Å². The summed E-state index contributed by atoms with van der Waals surface area (Å²) < 4.78 is 86.4. The fraction of sp³-hybridized carbons (Fsp3) is 0.429. The molecule has 0 bridgehead atoms. The quantitative estimate of drug-likeness (QED) is 0.267. The zero-order chi connectivity index (χ0) is 27.1. The van der Waals surface area contributed by atoms with E-state index in [4.69, 9.17) is 4.74 Å². The lowest BCUT2D eigenvalue weighted by Gasteiger charge is -2.35. The third-order valence-corrected chi connectivity index (χ3v) is 5.72. The first-order valence-corrected chi connectivity index (χ1v) is 11.8. The highest BCUT2D eigenvalue weighted by Gasteiger charge is 2.33. The van der Waals surface area contributed by atoms with Gasteiger partial charge in [0, 0.05) is 13.6 Å². The molecule has 0 amide bonds. The molecule has 1 aromatic carbocycles. The number of rotatable bonds is 7. The van der Waals surface area contributed by atoms with Crippen molar-refractivity contribution in [1.29, 1.82) is 0 Å². The van der Waals surface area contributed by atoms with Gasteiger partial charge in [-0.05, 0) is 81.5 Å². The van der Waals surface area contributed by atoms with Gasteiger partial charge in [0.2, 0.25) is 0 Å². The first kappa shape index (κ1) is 29.3. The van der Waals surface area contributed by atoms with E-state index in [1.165, 1.54) is 12.1 Å². The largest absolute Gasteiger partial charge is 0.484 e. The number of benzene rings is 1. The third-order valence-electron chi connectivity index (χ3n) is 5.72. The molecule has 1 heterocycles. The second-order valence-corrected chi connectivity index (χ2v) is 8.84. The molecule has 0 N–H and O–H groups in total. The Bertz CT molecular complexity index is 1050. The fourth-order valence-corrected chi connectivity index (χ4v) is 3.97. The smallest absolute Gasteiger partial charge is 0.416 e. The number of alkyl halides is 6. The van der Waals surface area contributed by atoms with Crippen LogP contribution in [0.4, 0.5) is 26.3 Å². The van der Waals surface area contributed by atoms with Crippen molar-refractivity contribution >= 4 is 0 Å². The molecule has 198 valence electrons. The van der Waals surface area contributed by atoms with Crippen molar-refractivity contribution in [2.75, 3.05) is 13.6 Å². The van der Waals surface area contributed by atoms with Crippen molar-refractivity contribution in [2.24, 2.45) is 0 Å². The van der Waals surface area contributed by atoms with Crippen molar-refractivity contribution in [3.8, 4) is 5.75 Å². The van der Waals surface area contributed by atoms with E-state index in [2.05, 4.69) is 0 Å². The predicted molar refractivity (Wildman–Crippen MR) is 132 cm³/mol. The zero-order valence-electron chi connectivity index (χ0n) is 21.2. The maximum Gasteiger partial charge on any atom is 0.416 e. The van der Waals surface area contributed by atoms with E-state index in [1.54, 1.807) is 32.1 Å². The molecule has 1 aromatic rings. The molecule has 2 rings (SSSR count). The standard InChI is InChI=1S/C28H33F6NO/c1-6-10-20(16-21(11-7-2)27(29,30)31)24(19(3)4)18-25-26(14-9-15-35(25)5)36-23-13-8-12-22(17-23)28(32,33)34/h6,8,10-13,16-18,26H,7,9,14-15H2,1-5H3/b10-6-,20-16+,21-11-,25-18-. The highest BCUT2D eigenvalue weighted by molar-refractivity contribution is 5.53. The van der Waals surface area contributed by atoms with Crippen LogP contribution in [0.1, 0.15) is 52.5 Å². The van der Waals surface area contributed by atoms with Gasteiger partial charge in [-0.25, -0.2) is 0 Å².